The van der Waals surface area contributed by atoms with Gasteiger partial charge in [0.25, 0.3) is 0 Å². The van der Waals surface area contributed by atoms with Gasteiger partial charge in [0.05, 0.1) is 10.5 Å². The fourth-order valence-electron chi connectivity index (χ4n) is 2.92. The van der Waals surface area contributed by atoms with Crippen molar-refractivity contribution in [3.05, 3.63) is 29.3 Å². The van der Waals surface area contributed by atoms with Gasteiger partial charge in [-0.2, -0.15) is 17.5 Å². The Labute approximate surface area is 134 Å². The fraction of sp³-hybridized carbons (Fsp3) is 0.600. The first-order chi connectivity index (χ1) is 10.7. The first kappa shape index (κ1) is 18.2. The summed E-state index contributed by atoms with van der Waals surface area (Å²) in [6, 6.07) is 3.21. The van der Waals surface area contributed by atoms with Gasteiger partial charge >= 0.3 is 6.18 Å². The number of nitrogens with zero attached hydrogens (tertiary/aromatic N) is 1. The molecule has 1 atom stereocenters. The van der Waals surface area contributed by atoms with Gasteiger partial charge in [0.15, 0.2) is 0 Å². The Hall–Kier alpha value is -1.12. The molecule has 0 aromatic heterocycles. The highest BCUT2D eigenvalue weighted by atomic mass is 32.2. The molecule has 0 radical (unpaired) electrons. The molecule has 23 heavy (non-hydrogen) atoms. The minimum Gasteiger partial charge on any atom is -0.319 e. The fourth-order valence-corrected chi connectivity index (χ4v) is 4.50. The van der Waals surface area contributed by atoms with Crippen molar-refractivity contribution in [2.75, 3.05) is 26.7 Å². The largest absolute Gasteiger partial charge is 0.416 e. The van der Waals surface area contributed by atoms with Crippen LogP contribution in [0.3, 0.4) is 0 Å². The van der Waals surface area contributed by atoms with Crippen LogP contribution < -0.4 is 5.32 Å². The predicted molar refractivity (Wildman–Crippen MR) is 81.6 cm³/mol. The van der Waals surface area contributed by atoms with E-state index in [-0.39, 0.29) is 16.4 Å². The standard InChI is InChI=1S/C15H21F3N2O2S/c1-11-5-6-13(8-14(11)15(16,17)18)23(21,22)20-7-3-4-12(10-20)9-19-2/h5-6,8,12,19H,3-4,7,9-10H2,1-2H3. The smallest absolute Gasteiger partial charge is 0.319 e. The summed E-state index contributed by atoms with van der Waals surface area (Å²) in [6.07, 6.45) is -2.94. The highest BCUT2D eigenvalue weighted by Crippen LogP contribution is 2.34. The number of hydrogen-bond acceptors (Lipinski definition) is 3. The molecule has 1 aliphatic rings. The Morgan fingerprint density at radius 2 is 2.04 bits per heavy atom. The van der Waals surface area contributed by atoms with Gasteiger partial charge in [-0.05, 0) is 57.0 Å². The first-order valence-electron chi connectivity index (χ1n) is 7.49. The molecule has 130 valence electrons. The number of sulfonamides is 1. The molecule has 0 saturated carbocycles. The molecule has 1 heterocycles. The van der Waals surface area contributed by atoms with Crippen LogP contribution in [-0.4, -0.2) is 39.4 Å². The van der Waals surface area contributed by atoms with Crippen molar-refractivity contribution in [2.24, 2.45) is 5.92 Å². The van der Waals surface area contributed by atoms with Gasteiger partial charge in [0, 0.05) is 13.1 Å². The molecule has 4 nitrogen and oxygen atoms in total. The van der Waals surface area contributed by atoms with E-state index in [1.807, 2.05) is 0 Å². The van der Waals surface area contributed by atoms with E-state index in [4.69, 9.17) is 0 Å². The highest BCUT2D eigenvalue weighted by molar-refractivity contribution is 7.89. The third kappa shape index (κ3) is 4.05. The van der Waals surface area contributed by atoms with Crippen LogP contribution in [0.5, 0.6) is 0 Å². The molecule has 0 bridgehead atoms. The highest BCUT2D eigenvalue weighted by Gasteiger charge is 2.35. The molecule has 1 fully saturated rings. The Bertz CT molecular complexity index is 657. The topological polar surface area (TPSA) is 49.4 Å². The number of aryl methyl sites for hydroxylation is 1. The van der Waals surface area contributed by atoms with Crippen molar-refractivity contribution in [3.8, 4) is 0 Å². The zero-order valence-corrected chi connectivity index (χ0v) is 14.0. The van der Waals surface area contributed by atoms with E-state index in [2.05, 4.69) is 5.32 Å². The number of nitrogens with one attached hydrogen (secondary N) is 1. The summed E-state index contributed by atoms with van der Waals surface area (Å²) >= 11 is 0. The van der Waals surface area contributed by atoms with Crippen LogP contribution in [0.1, 0.15) is 24.0 Å². The maximum Gasteiger partial charge on any atom is 0.416 e. The van der Waals surface area contributed by atoms with E-state index in [1.165, 1.54) is 23.4 Å². The Morgan fingerprint density at radius 1 is 1.35 bits per heavy atom. The van der Waals surface area contributed by atoms with E-state index in [0.29, 0.717) is 26.1 Å². The van der Waals surface area contributed by atoms with Crippen molar-refractivity contribution >= 4 is 10.0 Å². The van der Waals surface area contributed by atoms with Crippen LogP contribution in [-0.2, 0) is 16.2 Å². The van der Waals surface area contributed by atoms with Crippen LogP contribution in [0.15, 0.2) is 23.1 Å². The summed E-state index contributed by atoms with van der Waals surface area (Å²) in [4.78, 5) is -0.291. The number of rotatable bonds is 4. The summed E-state index contributed by atoms with van der Waals surface area (Å²) in [5.74, 6) is 0.177. The monoisotopic (exact) mass is 350 g/mol. The second-order valence-electron chi connectivity index (χ2n) is 5.90. The van der Waals surface area contributed by atoms with E-state index >= 15 is 0 Å². The van der Waals surface area contributed by atoms with Gasteiger partial charge in [-0.25, -0.2) is 8.42 Å². The Kier molecular flexibility index (Phi) is 5.37. The van der Waals surface area contributed by atoms with Gasteiger partial charge in [0.1, 0.15) is 0 Å². The lowest BCUT2D eigenvalue weighted by Gasteiger charge is -2.32. The second-order valence-corrected chi connectivity index (χ2v) is 7.84. The predicted octanol–water partition coefficient (Wildman–Crippen LogP) is 2.63. The average molecular weight is 350 g/mol. The first-order valence-corrected chi connectivity index (χ1v) is 8.93. The minimum atomic E-state index is -4.56. The van der Waals surface area contributed by atoms with Crippen LogP contribution in [0.4, 0.5) is 13.2 Å². The van der Waals surface area contributed by atoms with Crippen LogP contribution in [0.25, 0.3) is 0 Å². The van der Waals surface area contributed by atoms with Crippen molar-refractivity contribution in [1.29, 1.82) is 0 Å². The number of alkyl halides is 3. The van der Waals surface area contributed by atoms with Gasteiger partial charge < -0.3 is 5.32 Å². The summed E-state index contributed by atoms with van der Waals surface area (Å²) in [5, 5.41) is 3.02. The number of piperidine rings is 1. The molecular formula is C15H21F3N2O2S. The minimum absolute atomic E-state index is 0.0168. The molecule has 1 saturated heterocycles. The summed E-state index contributed by atoms with van der Waals surface area (Å²) in [5.41, 5.74) is -0.884. The molecule has 1 N–H and O–H groups in total. The van der Waals surface area contributed by atoms with Crippen LogP contribution in [0.2, 0.25) is 0 Å². The lowest BCUT2D eigenvalue weighted by molar-refractivity contribution is -0.138. The number of hydrogen-bond donors (Lipinski definition) is 1. The van der Waals surface area contributed by atoms with Crippen molar-refractivity contribution < 1.29 is 21.6 Å². The number of benzene rings is 1. The molecule has 8 heteroatoms. The molecule has 0 spiro atoms. The SMILES string of the molecule is CNCC1CCCN(S(=O)(=O)c2ccc(C)c(C(F)(F)F)c2)C1. The average Bonchev–Trinajstić information content (AvgIpc) is 2.47. The van der Waals surface area contributed by atoms with Crippen LogP contribution in [0, 0.1) is 12.8 Å². The molecule has 0 amide bonds. The van der Waals surface area contributed by atoms with Gasteiger partial charge in [-0.1, -0.05) is 6.07 Å². The third-order valence-corrected chi connectivity index (χ3v) is 5.99. The second kappa shape index (κ2) is 6.78. The third-order valence-electron chi connectivity index (χ3n) is 4.13. The molecule has 1 aromatic rings. The lowest BCUT2D eigenvalue weighted by atomic mass is 10.00. The van der Waals surface area contributed by atoms with Gasteiger partial charge in [-0.3, -0.25) is 0 Å². The van der Waals surface area contributed by atoms with E-state index in [9.17, 15) is 21.6 Å². The molecule has 2 rings (SSSR count). The normalized spacial score (nSPS) is 20.7. The lowest BCUT2D eigenvalue weighted by Crippen LogP contribution is -2.42. The van der Waals surface area contributed by atoms with Gasteiger partial charge in [-0.15, -0.1) is 0 Å². The molecule has 1 aliphatic heterocycles. The molecule has 1 aromatic carbocycles. The summed E-state index contributed by atoms with van der Waals surface area (Å²) in [6.45, 7) is 2.69. The number of halogens is 3. The molecule has 0 aliphatic carbocycles. The zero-order valence-electron chi connectivity index (χ0n) is 13.2. The van der Waals surface area contributed by atoms with Crippen LogP contribution >= 0.6 is 0 Å². The molecule has 1 unspecified atom stereocenters. The maximum absolute atomic E-state index is 13.0. The van der Waals surface area contributed by atoms with Crippen molar-refractivity contribution in [1.82, 2.24) is 9.62 Å². The van der Waals surface area contributed by atoms with E-state index < -0.39 is 21.8 Å². The van der Waals surface area contributed by atoms with Crippen molar-refractivity contribution in [3.63, 3.8) is 0 Å². The zero-order chi connectivity index (χ0) is 17.3. The quantitative estimate of drug-likeness (QED) is 0.908. The van der Waals surface area contributed by atoms with Gasteiger partial charge in [0.2, 0.25) is 10.0 Å². The Balaban J connectivity index is 2.33. The van der Waals surface area contributed by atoms with E-state index in [1.54, 1.807) is 7.05 Å². The molecular weight excluding hydrogens is 329 g/mol. The summed E-state index contributed by atoms with van der Waals surface area (Å²) < 4.78 is 65.6. The van der Waals surface area contributed by atoms with E-state index in [0.717, 1.165) is 12.5 Å². The summed E-state index contributed by atoms with van der Waals surface area (Å²) in [7, 11) is -2.11. The van der Waals surface area contributed by atoms with Crippen molar-refractivity contribution in [2.45, 2.75) is 30.8 Å². The Morgan fingerprint density at radius 3 is 2.65 bits per heavy atom. The maximum atomic E-state index is 13.0.